The molecule has 3 fully saturated rings. The quantitative estimate of drug-likeness (QED) is 0.411. The van der Waals surface area contributed by atoms with Crippen molar-refractivity contribution in [1.82, 2.24) is 24.5 Å². The summed E-state index contributed by atoms with van der Waals surface area (Å²) in [7, 11) is 0. The van der Waals surface area contributed by atoms with Crippen LogP contribution in [0.5, 0.6) is 0 Å². The zero-order valence-electron chi connectivity index (χ0n) is 22.1. The van der Waals surface area contributed by atoms with Gasteiger partial charge in [-0.2, -0.15) is 9.97 Å². The lowest BCUT2D eigenvalue weighted by molar-refractivity contribution is 0.152. The van der Waals surface area contributed by atoms with Crippen LogP contribution in [-0.4, -0.2) is 49.7 Å². The summed E-state index contributed by atoms with van der Waals surface area (Å²) in [6.07, 6.45) is 13.5. The van der Waals surface area contributed by atoms with Crippen molar-refractivity contribution in [2.24, 2.45) is 17.6 Å². The number of aromatic nitrogens is 4. The van der Waals surface area contributed by atoms with Gasteiger partial charge in [-0.3, -0.25) is 0 Å². The lowest BCUT2D eigenvalue weighted by Gasteiger charge is -2.37. The van der Waals surface area contributed by atoms with Crippen LogP contribution in [0, 0.1) is 11.8 Å². The molecule has 4 N–H and O–H groups in total. The molecule has 2 aliphatic carbocycles. The first-order valence-corrected chi connectivity index (χ1v) is 14.4. The number of nitrogens with one attached hydrogen (secondary N) is 2. The number of nitrogens with two attached hydrogens (primary N) is 1. The molecule has 0 unspecified atom stereocenters. The molecular formula is C29H42N8. The Morgan fingerprint density at radius 2 is 1.76 bits per heavy atom. The third kappa shape index (κ3) is 5.60. The van der Waals surface area contributed by atoms with Crippen LogP contribution in [0.15, 0.2) is 36.7 Å². The maximum atomic E-state index is 6.15. The molecule has 0 amide bonds. The van der Waals surface area contributed by atoms with Gasteiger partial charge >= 0.3 is 0 Å². The summed E-state index contributed by atoms with van der Waals surface area (Å²) in [5, 5.41) is 5.98. The lowest BCUT2D eigenvalue weighted by atomic mass is 9.83. The molecule has 0 bridgehead atoms. The fourth-order valence-corrected chi connectivity index (χ4v) is 6.62. The Kier molecular flexibility index (Phi) is 7.29. The van der Waals surface area contributed by atoms with Crippen LogP contribution >= 0.6 is 0 Å². The van der Waals surface area contributed by atoms with E-state index in [1.807, 2.05) is 6.33 Å². The summed E-state index contributed by atoms with van der Waals surface area (Å²) in [6.45, 7) is 4.38. The van der Waals surface area contributed by atoms with E-state index in [1.165, 1.54) is 37.7 Å². The summed E-state index contributed by atoms with van der Waals surface area (Å²) < 4.78 is 2.30. The Morgan fingerprint density at radius 1 is 0.973 bits per heavy atom. The lowest BCUT2D eigenvalue weighted by Crippen LogP contribution is -2.43. The van der Waals surface area contributed by atoms with E-state index in [-0.39, 0.29) is 0 Å². The van der Waals surface area contributed by atoms with Crippen LogP contribution in [0.4, 0.5) is 11.8 Å². The predicted molar refractivity (Wildman–Crippen MR) is 149 cm³/mol. The molecule has 0 spiro atoms. The zero-order valence-corrected chi connectivity index (χ0v) is 22.1. The van der Waals surface area contributed by atoms with E-state index in [4.69, 9.17) is 20.7 Å². The molecule has 198 valence electrons. The molecule has 2 atom stereocenters. The van der Waals surface area contributed by atoms with Gasteiger partial charge in [0.05, 0.1) is 6.33 Å². The van der Waals surface area contributed by atoms with E-state index in [2.05, 4.69) is 57.6 Å². The highest BCUT2D eigenvalue weighted by Crippen LogP contribution is 2.34. The van der Waals surface area contributed by atoms with Crippen LogP contribution in [0.1, 0.15) is 76.3 Å². The van der Waals surface area contributed by atoms with Crippen LogP contribution in [0.25, 0.3) is 11.2 Å². The van der Waals surface area contributed by atoms with Gasteiger partial charge in [-0.15, -0.1) is 0 Å². The average molecular weight is 503 g/mol. The summed E-state index contributed by atoms with van der Waals surface area (Å²) in [5.74, 6) is 2.83. The first kappa shape index (κ1) is 24.6. The number of fused-ring (bicyclic) bond motifs is 1. The van der Waals surface area contributed by atoms with E-state index in [0.29, 0.717) is 35.9 Å². The molecule has 3 aliphatic rings. The van der Waals surface area contributed by atoms with Crippen molar-refractivity contribution in [2.45, 2.75) is 89.3 Å². The van der Waals surface area contributed by atoms with Gasteiger partial charge < -0.3 is 21.0 Å². The van der Waals surface area contributed by atoms with Crippen molar-refractivity contribution in [2.75, 3.05) is 23.8 Å². The Balaban J connectivity index is 1.21. The van der Waals surface area contributed by atoms with Crippen molar-refractivity contribution in [3.8, 4) is 0 Å². The van der Waals surface area contributed by atoms with Crippen LogP contribution in [-0.2, 0) is 6.42 Å². The Hall–Kier alpha value is -2.71. The monoisotopic (exact) mass is 502 g/mol. The largest absolute Gasteiger partial charge is 0.351 e. The standard InChI is InChI=1S/C29H42N8/c1-20-18-36(16-15-22(20)17-21-7-3-2-4-8-21)35-27-26-28(37(19-31-26)25-9-5-6-10-25)34-29(33-27)32-24-13-11-23(30)12-14-24/h2-4,7-8,19-20,22-25H,5-6,9-18,30H2,1H3,(H2,32,33,34,35)/t20-,22+,23?,24?/m0/s1. The first-order valence-electron chi connectivity index (χ1n) is 14.4. The van der Waals surface area contributed by atoms with E-state index in [9.17, 15) is 0 Å². The number of hydrogen-bond donors (Lipinski definition) is 3. The molecule has 0 radical (unpaired) electrons. The van der Waals surface area contributed by atoms with Gasteiger partial charge in [-0.1, -0.05) is 50.1 Å². The normalized spacial score (nSPS) is 27.5. The maximum absolute atomic E-state index is 6.15. The molecule has 2 aromatic heterocycles. The molecular weight excluding hydrogens is 460 g/mol. The highest BCUT2D eigenvalue weighted by atomic mass is 15.5. The van der Waals surface area contributed by atoms with Gasteiger partial charge in [0, 0.05) is 31.2 Å². The zero-order chi connectivity index (χ0) is 25.2. The molecule has 6 rings (SSSR count). The molecule has 1 saturated heterocycles. The molecule has 3 heterocycles. The molecule has 1 aromatic carbocycles. The minimum Gasteiger partial charge on any atom is -0.351 e. The fourth-order valence-electron chi connectivity index (χ4n) is 6.62. The first-order chi connectivity index (χ1) is 18.1. The van der Waals surface area contributed by atoms with Crippen molar-refractivity contribution in [3.63, 3.8) is 0 Å². The Morgan fingerprint density at radius 3 is 2.51 bits per heavy atom. The van der Waals surface area contributed by atoms with E-state index in [0.717, 1.165) is 62.2 Å². The van der Waals surface area contributed by atoms with Crippen molar-refractivity contribution in [3.05, 3.63) is 42.2 Å². The number of nitrogens with zero attached hydrogens (tertiary/aromatic N) is 5. The molecule has 3 aromatic rings. The molecule has 1 aliphatic heterocycles. The minimum atomic E-state index is 0.328. The van der Waals surface area contributed by atoms with E-state index in [1.54, 1.807) is 0 Å². The predicted octanol–water partition coefficient (Wildman–Crippen LogP) is 5.15. The molecule has 37 heavy (non-hydrogen) atoms. The maximum Gasteiger partial charge on any atom is 0.227 e. The summed E-state index contributed by atoms with van der Waals surface area (Å²) in [5.41, 5.74) is 13.1. The van der Waals surface area contributed by atoms with Crippen molar-refractivity contribution in [1.29, 1.82) is 0 Å². The number of benzene rings is 1. The highest BCUT2D eigenvalue weighted by Gasteiger charge is 2.28. The second kappa shape index (κ2) is 11.0. The third-order valence-corrected chi connectivity index (χ3v) is 8.93. The van der Waals surface area contributed by atoms with Gasteiger partial charge in [0.15, 0.2) is 17.0 Å². The van der Waals surface area contributed by atoms with E-state index >= 15 is 0 Å². The topological polar surface area (TPSA) is 96.9 Å². The number of hydrazine groups is 1. The highest BCUT2D eigenvalue weighted by molar-refractivity contribution is 5.84. The van der Waals surface area contributed by atoms with Gasteiger partial charge in [-0.05, 0) is 68.8 Å². The van der Waals surface area contributed by atoms with E-state index < -0.39 is 0 Å². The number of anilines is 2. The number of imidazole rings is 1. The second-order valence-electron chi connectivity index (χ2n) is 11.7. The second-order valence-corrected chi connectivity index (χ2v) is 11.7. The SMILES string of the molecule is C[C@H]1CN(Nc2nc(NC3CCC(N)CC3)nc3c2ncn3C2CCCC2)CC[C@@H]1Cc1ccccc1. The van der Waals surface area contributed by atoms with Crippen molar-refractivity contribution < 1.29 is 0 Å². The van der Waals surface area contributed by atoms with Gasteiger partial charge in [-0.25, -0.2) is 9.99 Å². The van der Waals surface area contributed by atoms with Gasteiger partial charge in [0.1, 0.15) is 0 Å². The number of hydrogen-bond acceptors (Lipinski definition) is 7. The Labute approximate surface area is 220 Å². The number of piperidine rings is 1. The molecule has 8 nitrogen and oxygen atoms in total. The van der Waals surface area contributed by atoms with Gasteiger partial charge in [0.2, 0.25) is 5.95 Å². The summed E-state index contributed by atoms with van der Waals surface area (Å²) in [6, 6.07) is 12.1. The average Bonchev–Trinajstić information content (AvgIpc) is 3.58. The van der Waals surface area contributed by atoms with Crippen LogP contribution in [0.2, 0.25) is 0 Å². The smallest absolute Gasteiger partial charge is 0.227 e. The van der Waals surface area contributed by atoms with Crippen LogP contribution in [0.3, 0.4) is 0 Å². The summed E-state index contributed by atoms with van der Waals surface area (Å²) >= 11 is 0. The minimum absolute atomic E-state index is 0.328. The molecule has 8 heteroatoms. The molecule has 2 saturated carbocycles. The Bertz CT molecular complexity index is 1160. The fraction of sp³-hybridized carbons (Fsp3) is 0.621. The third-order valence-electron chi connectivity index (χ3n) is 8.93. The van der Waals surface area contributed by atoms with Crippen molar-refractivity contribution >= 4 is 22.9 Å². The van der Waals surface area contributed by atoms with Gasteiger partial charge in [0.25, 0.3) is 0 Å². The summed E-state index contributed by atoms with van der Waals surface area (Å²) in [4.78, 5) is 14.8. The van der Waals surface area contributed by atoms with Crippen LogP contribution < -0.4 is 16.5 Å². The number of rotatable bonds is 7.